The zero-order valence-electron chi connectivity index (χ0n) is 17.2. The van der Waals surface area contributed by atoms with Gasteiger partial charge < -0.3 is 15.0 Å². The molecular formula is C20H28N4O2S2. The number of fused-ring (bicyclic) bond motifs is 1. The van der Waals surface area contributed by atoms with Crippen LogP contribution in [0.5, 0.6) is 0 Å². The second-order valence-corrected chi connectivity index (χ2v) is 8.69. The molecule has 1 aliphatic carbocycles. The minimum absolute atomic E-state index is 0.256. The molecule has 1 aliphatic rings. The number of aryl methyl sites for hydroxylation is 3. The highest BCUT2D eigenvalue weighted by Crippen LogP contribution is 2.38. The molecule has 0 spiro atoms. The van der Waals surface area contributed by atoms with Crippen LogP contribution in [0.3, 0.4) is 0 Å². The van der Waals surface area contributed by atoms with E-state index in [4.69, 9.17) is 17.0 Å². The first-order valence-corrected chi connectivity index (χ1v) is 10.9. The summed E-state index contributed by atoms with van der Waals surface area (Å²) in [5.74, 6) is -0.256. The molecule has 8 heteroatoms. The minimum atomic E-state index is -0.256. The van der Waals surface area contributed by atoms with Crippen LogP contribution in [0.25, 0.3) is 0 Å². The van der Waals surface area contributed by atoms with Crippen molar-refractivity contribution in [3.8, 4) is 0 Å². The second-order valence-electron chi connectivity index (χ2n) is 7.19. The molecule has 6 nitrogen and oxygen atoms in total. The Hall–Kier alpha value is -1.93. The Morgan fingerprint density at radius 3 is 2.71 bits per heavy atom. The smallest absolute Gasteiger partial charge is 0.341 e. The lowest BCUT2D eigenvalue weighted by atomic mass is 9.95. The fourth-order valence-electron chi connectivity index (χ4n) is 3.62. The fourth-order valence-corrected chi connectivity index (χ4v) is 5.13. The molecule has 28 heavy (non-hydrogen) atoms. The highest BCUT2D eigenvalue weighted by molar-refractivity contribution is 7.80. The molecule has 0 saturated heterocycles. The average Bonchev–Trinajstić information content (AvgIpc) is 3.13. The number of esters is 1. The van der Waals surface area contributed by atoms with Crippen molar-refractivity contribution in [1.29, 1.82) is 0 Å². The molecule has 0 radical (unpaired) electrons. The highest BCUT2D eigenvalue weighted by atomic mass is 32.1. The van der Waals surface area contributed by atoms with Gasteiger partial charge in [0, 0.05) is 36.8 Å². The Balaban J connectivity index is 1.81. The van der Waals surface area contributed by atoms with Crippen molar-refractivity contribution >= 4 is 39.6 Å². The van der Waals surface area contributed by atoms with E-state index in [0.29, 0.717) is 23.8 Å². The first-order valence-electron chi connectivity index (χ1n) is 9.66. The molecule has 0 unspecified atom stereocenters. The number of anilines is 1. The molecular weight excluding hydrogens is 392 g/mol. The van der Waals surface area contributed by atoms with Crippen LogP contribution in [0.2, 0.25) is 0 Å². The van der Waals surface area contributed by atoms with Crippen molar-refractivity contribution in [2.45, 2.75) is 53.0 Å². The summed E-state index contributed by atoms with van der Waals surface area (Å²) >= 11 is 7.28. The number of nitrogens with zero attached hydrogens (tertiary/aromatic N) is 3. The summed E-state index contributed by atoms with van der Waals surface area (Å²) in [7, 11) is 3.91. The van der Waals surface area contributed by atoms with E-state index in [1.165, 1.54) is 16.9 Å². The van der Waals surface area contributed by atoms with Gasteiger partial charge in [-0.1, -0.05) is 0 Å². The third kappa shape index (κ3) is 4.07. The van der Waals surface area contributed by atoms with Crippen molar-refractivity contribution in [1.82, 2.24) is 14.7 Å². The van der Waals surface area contributed by atoms with Gasteiger partial charge in [0.2, 0.25) is 0 Å². The molecule has 2 aromatic heterocycles. The highest BCUT2D eigenvalue weighted by Gasteiger charge is 2.27. The van der Waals surface area contributed by atoms with E-state index in [-0.39, 0.29) is 5.97 Å². The van der Waals surface area contributed by atoms with Crippen LogP contribution < -0.4 is 5.32 Å². The van der Waals surface area contributed by atoms with E-state index in [9.17, 15) is 4.79 Å². The van der Waals surface area contributed by atoms with Crippen molar-refractivity contribution in [3.63, 3.8) is 0 Å². The average molecular weight is 421 g/mol. The third-order valence-corrected chi connectivity index (χ3v) is 6.89. The SMILES string of the molecule is CCOC(=O)c1c(NC(=S)N(C)Cc2c(C)nn(C)c2C)sc2c1CCCC2. The van der Waals surface area contributed by atoms with Gasteiger partial charge in [0.25, 0.3) is 0 Å². The number of hydrogen-bond acceptors (Lipinski definition) is 5. The Kier molecular flexibility index (Phi) is 6.40. The largest absolute Gasteiger partial charge is 0.462 e. The van der Waals surface area contributed by atoms with Gasteiger partial charge in [0.15, 0.2) is 5.11 Å². The van der Waals surface area contributed by atoms with Gasteiger partial charge in [0.1, 0.15) is 5.00 Å². The maximum absolute atomic E-state index is 12.6. The summed E-state index contributed by atoms with van der Waals surface area (Å²) in [4.78, 5) is 15.9. The maximum Gasteiger partial charge on any atom is 0.341 e. The number of nitrogens with one attached hydrogen (secondary N) is 1. The number of carbonyl (C=O) groups is 1. The maximum atomic E-state index is 12.6. The number of thiocarbonyl (C=S) groups is 1. The third-order valence-electron chi connectivity index (χ3n) is 5.27. The number of rotatable bonds is 5. The van der Waals surface area contributed by atoms with E-state index in [1.54, 1.807) is 11.3 Å². The first kappa shape index (κ1) is 20.8. The van der Waals surface area contributed by atoms with E-state index in [0.717, 1.165) is 41.2 Å². The summed E-state index contributed by atoms with van der Waals surface area (Å²) in [6.07, 6.45) is 4.22. The Labute approximate surface area is 175 Å². The number of ether oxygens (including phenoxy) is 1. The number of hydrogen-bond donors (Lipinski definition) is 1. The predicted molar refractivity (Wildman–Crippen MR) is 117 cm³/mol. The Bertz CT molecular complexity index is 901. The lowest BCUT2D eigenvalue weighted by Gasteiger charge is -2.21. The van der Waals surface area contributed by atoms with Crippen LogP contribution >= 0.6 is 23.6 Å². The zero-order valence-corrected chi connectivity index (χ0v) is 18.9. The van der Waals surface area contributed by atoms with Crippen molar-refractivity contribution in [3.05, 3.63) is 33.0 Å². The molecule has 2 aromatic rings. The topological polar surface area (TPSA) is 59.4 Å². The van der Waals surface area contributed by atoms with Crippen molar-refractivity contribution < 1.29 is 9.53 Å². The molecule has 0 aromatic carbocycles. The van der Waals surface area contributed by atoms with Gasteiger partial charge in [-0.25, -0.2) is 4.79 Å². The van der Waals surface area contributed by atoms with Gasteiger partial charge in [-0.2, -0.15) is 5.10 Å². The van der Waals surface area contributed by atoms with Crippen LogP contribution in [0.4, 0.5) is 5.00 Å². The predicted octanol–water partition coefficient (Wildman–Crippen LogP) is 3.98. The molecule has 2 heterocycles. The van der Waals surface area contributed by atoms with Gasteiger partial charge >= 0.3 is 5.97 Å². The minimum Gasteiger partial charge on any atom is -0.462 e. The van der Waals surface area contributed by atoms with Crippen LogP contribution in [-0.4, -0.2) is 39.4 Å². The first-order chi connectivity index (χ1) is 13.3. The molecule has 0 atom stereocenters. The molecule has 0 bridgehead atoms. The van der Waals surface area contributed by atoms with Crippen molar-refractivity contribution in [2.24, 2.45) is 7.05 Å². The van der Waals surface area contributed by atoms with Gasteiger partial charge in [-0.3, -0.25) is 4.68 Å². The summed E-state index contributed by atoms with van der Waals surface area (Å²) < 4.78 is 7.21. The van der Waals surface area contributed by atoms with E-state index >= 15 is 0 Å². The van der Waals surface area contributed by atoms with Gasteiger partial charge in [-0.15, -0.1) is 11.3 Å². The quantitative estimate of drug-likeness (QED) is 0.583. The number of carbonyl (C=O) groups excluding carboxylic acids is 1. The summed E-state index contributed by atoms with van der Waals surface area (Å²) in [6.45, 7) is 6.94. The zero-order chi connectivity index (χ0) is 20.4. The summed E-state index contributed by atoms with van der Waals surface area (Å²) in [6, 6.07) is 0. The summed E-state index contributed by atoms with van der Waals surface area (Å²) in [5.41, 5.74) is 5.12. The fraction of sp³-hybridized carbons (Fsp3) is 0.550. The molecule has 0 fully saturated rings. The lowest BCUT2D eigenvalue weighted by molar-refractivity contribution is 0.0526. The standard InChI is InChI=1S/C20H28N4O2S2/c1-6-26-19(25)17-14-9-7-8-10-16(14)28-18(17)21-20(27)23(4)11-15-12(2)22-24(5)13(15)3/h6-11H2,1-5H3,(H,21,27). The molecule has 0 aliphatic heterocycles. The van der Waals surface area contributed by atoms with E-state index < -0.39 is 0 Å². The normalized spacial score (nSPS) is 13.2. The molecule has 0 saturated carbocycles. The van der Waals surface area contributed by atoms with Gasteiger partial charge in [0.05, 0.1) is 17.9 Å². The molecule has 3 rings (SSSR count). The Morgan fingerprint density at radius 2 is 2.07 bits per heavy atom. The second kappa shape index (κ2) is 8.61. The van der Waals surface area contributed by atoms with Crippen molar-refractivity contribution in [2.75, 3.05) is 19.0 Å². The number of aromatic nitrogens is 2. The van der Waals surface area contributed by atoms with E-state index in [2.05, 4.69) is 17.3 Å². The van der Waals surface area contributed by atoms with Crippen LogP contribution in [0.1, 0.15) is 57.5 Å². The number of thiophene rings is 1. The Morgan fingerprint density at radius 1 is 1.36 bits per heavy atom. The van der Waals surface area contributed by atoms with E-state index in [1.807, 2.05) is 37.5 Å². The lowest BCUT2D eigenvalue weighted by Crippen LogP contribution is -2.31. The molecule has 0 amide bonds. The summed E-state index contributed by atoms with van der Waals surface area (Å²) in [5, 5.41) is 9.19. The van der Waals surface area contributed by atoms with Gasteiger partial charge in [-0.05, 0) is 64.2 Å². The molecule has 152 valence electrons. The van der Waals surface area contributed by atoms with Crippen LogP contribution in [-0.2, 0) is 31.2 Å². The monoisotopic (exact) mass is 420 g/mol. The van der Waals surface area contributed by atoms with Crippen LogP contribution in [0, 0.1) is 13.8 Å². The molecule has 1 N–H and O–H groups in total. The van der Waals surface area contributed by atoms with Crippen LogP contribution in [0.15, 0.2) is 0 Å².